The number of aliphatic carboxylic acids is 1. The predicted molar refractivity (Wildman–Crippen MR) is 128 cm³/mol. The van der Waals surface area contributed by atoms with Gasteiger partial charge in [-0.05, 0) is 66.8 Å². The third-order valence-electron chi connectivity index (χ3n) is 5.88. The van der Waals surface area contributed by atoms with Gasteiger partial charge < -0.3 is 14.7 Å². The Bertz CT molecular complexity index is 1160. The second kappa shape index (κ2) is 9.67. The number of aryl methyl sites for hydroxylation is 1. The van der Waals surface area contributed by atoms with Crippen LogP contribution in [0.2, 0.25) is 5.02 Å². The molecule has 1 N–H and O–H groups in total. The Morgan fingerprint density at radius 2 is 1.79 bits per heavy atom. The van der Waals surface area contributed by atoms with Crippen LogP contribution in [0.1, 0.15) is 40.4 Å². The topological polar surface area (TPSA) is 66.8 Å². The molecule has 1 aliphatic rings. The fourth-order valence-corrected chi connectivity index (χ4v) is 4.49. The number of carbonyl (C=O) groups is 2. The van der Waals surface area contributed by atoms with Crippen LogP contribution in [0.4, 0.5) is 0 Å². The van der Waals surface area contributed by atoms with Gasteiger partial charge in [-0.15, -0.1) is 0 Å². The fraction of sp³-hybridized carbons (Fsp3) is 0.259. The Labute approximate surface area is 198 Å². The quantitative estimate of drug-likeness (QED) is 0.510. The molecule has 1 aliphatic heterocycles. The average molecular weight is 464 g/mol. The van der Waals surface area contributed by atoms with Gasteiger partial charge in [-0.2, -0.15) is 0 Å². The van der Waals surface area contributed by atoms with Gasteiger partial charge in [0.2, 0.25) is 0 Å². The van der Waals surface area contributed by atoms with Crippen molar-refractivity contribution in [3.8, 4) is 5.75 Å². The van der Waals surface area contributed by atoms with Crippen molar-refractivity contribution in [2.45, 2.75) is 38.3 Å². The van der Waals surface area contributed by atoms with E-state index in [1.165, 1.54) is 10.5 Å². The highest BCUT2D eigenvalue weighted by atomic mass is 35.5. The number of rotatable bonds is 7. The summed E-state index contributed by atoms with van der Waals surface area (Å²) in [5, 5.41) is 9.88. The number of benzene rings is 3. The summed E-state index contributed by atoms with van der Waals surface area (Å²) in [6.07, 6.45) is 2.42. The summed E-state index contributed by atoms with van der Waals surface area (Å²) in [7, 11) is 0. The first-order valence-corrected chi connectivity index (χ1v) is 11.3. The Hall–Kier alpha value is -3.31. The molecule has 3 aromatic rings. The summed E-state index contributed by atoms with van der Waals surface area (Å²) in [5.74, 6) is -0.628. The molecule has 1 atom stereocenters. The first-order valence-electron chi connectivity index (χ1n) is 10.9. The third-order valence-corrected chi connectivity index (χ3v) is 6.12. The molecule has 4 rings (SSSR count). The van der Waals surface area contributed by atoms with Gasteiger partial charge >= 0.3 is 5.97 Å². The number of halogens is 1. The minimum absolute atomic E-state index is 0.161. The van der Waals surface area contributed by atoms with E-state index in [0.717, 1.165) is 36.1 Å². The van der Waals surface area contributed by atoms with Crippen LogP contribution in [0.15, 0.2) is 72.8 Å². The van der Waals surface area contributed by atoms with Crippen LogP contribution in [0.5, 0.6) is 5.75 Å². The average Bonchev–Trinajstić information content (AvgIpc) is 2.78. The minimum atomic E-state index is -1.07. The van der Waals surface area contributed by atoms with E-state index in [1.54, 1.807) is 24.3 Å². The van der Waals surface area contributed by atoms with E-state index in [9.17, 15) is 14.7 Å². The Morgan fingerprint density at radius 3 is 2.52 bits per heavy atom. The van der Waals surface area contributed by atoms with Gasteiger partial charge in [0.1, 0.15) is 17.9 Å². The van der Waals surface area contributed by atoms with Crippen LogP contribution >= 0.6 is 11.6 Å². The smallest absolute Gasteiger partial charge is 0.323 e. The molecule has 0 bridgehead atoms. The van der Waals surface area contributed by atoms with Gasteiger partial charge in [0.05, 0.1) is 0 Å². The van der Waals surface area contributed by atoms with Crippen molar-refractivity contribution in [1.29, 1.82) is 0 Å². The van der Waals surface area contributed by atoms with Crippen LogP contribution in [-0.4, -0.2) is 34.0 Å². The molecule has 0 fully saturated rings. The molecule has 0 radical (unpaired) electrons. The van der Waals surface area contributed by atoms with Crippen molar-refractivity contribution in [1.82, 2.24) is 4.90 Å². The molecular formula is C27H26ClNO4. The molecule has 0 spiro atoms. The normalized spacial score (nSPS) is 17.0. The van der Waals surface area contributed by atoms with Crippen LogP contribution < -0.4 is 4.74 Å². The number of carboxylic acid groups (broad SMARTS) is 1. The Kier molecular flexibility index (Phi) is 6.70. The minimum Gasteiger partial charge on any atom is -0.487 e. The predicted octanol–water partition coefficient (Wildman–Crippen LogP) is 5.39. The summed E-state index contributed by atoms with van der Waals surface area (Å²) in [4.78, 5) is 25.9. The first-order chi connectivity index (χ1) is 15.8. The summed E-state index contributed by atoms with van der Waals surface area (Å²) < 4.78 is 6.36. The van der Waals surface area contributed by atoms with E-state index in [-0.39, 0.29) is 18.1 Å². The van der Waals surface area contributed by atoms with Crippen molar-refractivity contribution in [2.24, 2.45) is 0 Å². The fourth-order valence-electron chi connectivity index (χ4n) is 4.28. The van der Waals surface area contributed by atoms with Crippen LogP contribution in [0.3, 0.4) is 0 Å². The number of hydrogen-bond acceptors (Lipinski definition) is 3. The van der Waals surface area contributed by atoms with Crippen molar-refractivity contribution in [2.75, 3.05) is 6.54 Å². The molecule has 6 heteroatoms. The second-order valence-electron chi connectivity index (χ2n) is 8.72. The van der Waals surface area contributed by atoms with Gasteiger partial charge in [0.15, 0.2) is 0 Å². The number of hydrogen-bond donors (Lipinski definition) is 1. The lowest BCUT2D eigenvalue weighted by Gasteiger charge is -2.36. The van der Waals surface area contributed by atoms with Gasteiger partial charge in [0.25, 0.3) is 5.91 Å². The number of ether oxygens (including phenoxy) is 1. The number of carboxylic acids is 1. The largest absolute Gasteiger partial charge is 0.487 e. The Morgan fingerprint density at radius 1 is 1.03 bits per heavy atom. The zero-order valence-corrected chi connectivity index (χ0v) is 19.2. The van der Waals surface area contributed by atoms with Crippen molar-refractivity contribution in [3.63, 3.8) is 0 Å². The summed E-state index contributed by atoms with van der Waals surface area (Å²) in [5.41, 5.74) is 3.09. The number of amides is 1. The maximum absolute atomic E-state index is 13.2. The van der Waals surface area contributed by atoms with Crippen molar-refractivity contribution < 1.29 is 19.4 Å². The van der Waals surface area contributed by atoms with Gasteiger partial charge in [-0.25, -0.2) is 0 Å². The molecule has 0 unspecified atom stereocenters. The number of carbonyl (C=O) groups excluding carboxylic acids is 1. The molecule has 0 saturated heterocycles. The lowest BCUT2D eigenvalue weighted by atomic mass is 9.87. The molecule has 0 saturated carbocycles. The maximum Gasteiger partial charge on any atom is 0.323 e. The van der Waals surface area contributed by atoms with Crippen molar-refractivity contribution in [3.05, 3.63) is 100 Å². The molecule has 1 amide bonds. The highest BCUT2D eigenvalue weighted by Crippen LogP contribution is 2.36. The lowest BCUT2D eigenvalue weighted by Crippen LogP contribution is -2.39. The van der Waals surface area contributed by atoms with Crippen LogP contribution in [-0.2, 0) is 24.2 Å². The molecule has 33 heavy (non-hydrogen) atoms. The lowest BCUT2D eigenvalue weighted by molar-refractivity contribution is -0.137. The molecular weight excluding hydrogens is 438 g/mol. The number of nitrogens with zero attached hydrogens (tertiary/aromatic N) is 1. The van der Waals surface area contributed by atoms with Gasteiger partial charge in [-0.3, -0.25) is 9.59 Å². The Balaban J connectivity index is 1.52. The monoisotopic (exact) mass is 463 g/mol. The maximum atomic E-state index is 13.2. The standard InChI is InChI=1S/C27H26ClNO4/c1-27(16-19-6-3-2-4-7-19)13-12-21-15-22(10-11-24(21)33-27)26(32)29(18-25(30)31)17-20-8-5-9-23(28)14-20/h2-11,14-15H,12-13,16-18H2,1H3,(H,30,31)/t27-/m1/s1. The van der Waals surface area contributed by atoms with E-state index in [1.807, 2.05) is 36.4 Å². The summed E-state index contributed by atoms with van der Waals surface area (Å²) in [6, 6.07) is 22.7. The van der Waals surface area contributed by atoms with E-state index in [0.29, 0.717) is 10.6 Å². The summed E-state index contributed by atoms with van der Waals surface area (Å²) >= 11 is 6.05. The first kappa shape index (κ1) is 22.9. The zero-order chi connectivity index (χ0) is 23.4. The zero-order valence-electron chi connectivity index (χ0n) is 18.5. The van der Waals surface area contributed by atoms with E-state index in [4.69, 9.17) is 16.3 Å². The SMILES string of the molecule is C[C@]1(Cc2ccccc2)CCc2cc(C(=O)N(CC(=O)O)Cc3cccc(Cl)c3)ccc2O1. The molecule has 1 heterocycles. The summed E-state index contributed by atoms with van der Waals surface area (Å²) in [6.45, 7) is 1.88. The molecule has 170 valence electrons. The van der Waals surface area contributed by atoms with Gasteiger partial charge in [0, 0.05) is 23.6 Å². The second-order valence-corrected chi connectivity index (χ2v) is 9.16. The van der Waals surface area contributed by atoms with E-state index in [2.05, 4.69) is 19.1 Å². The van der Waals surface area contributed by atoms with Gasteiger partial charge in [-0.1, -0.05) is 54.1 Å². The highest BCUT2D eigenvalue weighted by Gasteiger charge is 2.32. The molecule has 0 aromatic heterocycles. The molecule has 5 nitrogen and oxygen atoms in total. The van der Waals surface area contributed by atoms with E-state index < -0.39 is 12.5 Å². The molecule has 0 aliphatic carbocycles. The third kappa shape index (κ3) is 5.74. The van der Waals surface area contributed by atoms with E-state index >= 15 is 0 Å². The van der Waals surface area contributed by atoms with Crippen LogP contribution in [0.25, 0.3) is 0 Å². The number of fused-ring (bicyclic) bond motifs is 1. The highest BCUT2D eigenvalue weighted by molar-refractivity contribution is 6.30. The molecule has 3 aromatic carbocycles. The van der Waals surface area contributed by atoms with Crippen molar-refractivity contribution >= 4 is 23.5 Å². The van der Waals surface area contributed by atoms with Crippen LogP contribution in [0, 0.1) is 0 Å².